The molecular weight excluding hydrogens is 260 g/mol. The molecule has 110 valence electrons. The molecule has 0 bridgehead atoms. The van der Waals surface area contributed by atoms with Crippen molar-refractivity contribution in [3.63, 3.8) is 0 Å². The average Bonchev–Trinajstić information content (AvgIpc) is 2.55. The number of hydrogen-bond acceptors (Lipinski definition) is 2. The van der Waals surface area contributed by atoms with Gasteiger partial charge >= 0.3 is 5.97 Å². The highest BCUT2D eigenvalue weighted by Crippen LogP contribution is 2.23. The van der Waals surface area contributed by atoms with Crippen molar-refractivity contribution in [1.29, 1.82) is 0 Å². The molecule has 0 spiro atoms. The van der Waals surface area contributed by atoms with Crippen molar-refractivity contribution in [2.75, 3.05) is 6.61 Å². The Balaban J connectivity index is 1.97. The van der Waals surface area contributed by atoms with E-state index in [1.165, 1.54) is 5.56 Å². The summed E-state index contributed by atoms with van der Waals surface area (Å²) in [6.45, 7) is 4.68. The van der Waals surface area contributed by atoms with Gasteiger partial charge < -0.3 is 4.74 Å². The number of hydrogen-bond donors (Lipinski definition) is 0. The molecule has 2 nitrogen and oxygen atoms in total. The molecule has 1 unspecified atom stereocenters. The number of carbonyl (C=O) groups excluding carboxylic acids is 1. The third-order valence-electron chi connectivity index (χ3n) is 3.79. The van der Waals surface area contributed by atoms with Crippen molar-refractivity contribution in [3.8, 4) is 0 Å². The monoisotopic (exact) mass is 282 g/mol. The Hall–Kier alpha value is -2.09. The second-order valence-corrected chi connectivity index (χ2v) is 5.27. The van der Waals surface area contributed by atoms with E-state index in [0.717, 1.165) is 18.4 Å². The molecule has 0 aromatic heterocycles. The summed E-state index contributed by atoms with van der Waals surface area (Å²) in [7, 11) is 0. The Bertz CT molecular complexity index is 575. The van der Waals surface area contributed by atoms with Crippen LogP contribution in [-0.4, -0.2) is 12.6 Å². The fourth-order valence-corrected chi connectivity index (χ4v) is 2.32. The molecule has 0 heterocycles. The topological polar surface area (TPSA) is 26.3 Å². The molecule has 2 rings (SSSR count). The van der Waals surface area contributed by atoms with E-state index in [1.54, 1.807) is 0 Å². The van der Waals surface area contributed by atoms with Crippen LogP contribution in [0.3, 0.4) is 0 Å². The lowest BCUT2D eigenvalue weighted by Gasteiger charge is -2.14. The van der Waals surface area contributed by atoms with Crippen LogP contribution < -0.4 is 0 Å². The van der Waals surface area contributed by atoms with Gasteiger partial charge in [-0.1, -0.05) is 62.4 Å². The maximum Gasteiger partial charge on any atom is 0.338 e. The Labute approximate surface area is 126 Å². The largest absolute Gasteiger partial charge is 0.462 e. The minimum Gasteiger partial charge on any atom is -0.462 e. The maximum absolute atomic E-state index is 12.3. The zero-order valence-corrected chi connectivity index (χ0v) is 12.7. The van der Waals surface area contributed by atoms with Crippen molar-refractivity contribution in [1.82, 2.24) is 0 Å². The molecule has 1 atom stereocenters. The van der Waals surface area contributed by atoms with Crippen LogP contribution in [0.2, 0.25) is 0 Å². The Kier molecular flexibility index (Phi) is 5.56. The first-order chi connectivity index (χ1) is 10.2. The van der Waals surface area contributed by atoms with Crippen LogP contribution >= 0.6 is 0 Å². The van der Waals surface area contributed by atoms with Gasteiger partial charge in [-0.25, -0.2) is 4.79 Å². The third-order valence-corrected chi connectivity index (χ3v) is 3.79. The van der Waals surface area contributed by atoms with Gasteiger partial charge in [-0.3, -0.25) is 0 Å². The average molecular weight is 282 g/mol. The van der Waals surface area contributed by atoms with Crippen molar-refractivity contribution in [2.24, 2.45) is 0 Å². The Morgan fingerprint density at radius 1 is 1.05 bits per heavy atom. The van der Waals surface area contributed by atoms with Gasteiger partial charge in [-0.2, -0.15) is 0 Å². The molecular formula is C19H22O2. The standard InChI is InChI=1S/C19H22O2/c1-3-15(2)17-11-7-8-12-18(17)19(20)21-14-13-16-9-5-4-6-10-16/h4-12,15H,3,13-14H2,1-2H3. The van der Waals surface area contributed by atoms with Gasteiger partial charge in [0.2, 0.25) is 0 Å². The van der Waals surface area contributed by atoms with Gasteiger partial charge in [0.1, 0.15) is 0 Å². The van der Waals surface area contributed by atoms with Gasteiger partial charge in [0.05, 0.1) is 12.2 Å². The molecule has 0 aliphatic carbocycles. The van der Waals surface area contributed by atoms with Gasteiger partial charge in [0.15, 0.2) is 0 Å². The summed E-state index contributed by atoms with van der Waals surface area (Å²) < 4.78 is 5.43. The Morgan fingerprint density at radius 3 is 2.43 bits per heavy atom. The van der Waals surface area contributed by atoms with Gasteiger partial charge in [0, 0.05) is 6.42 Å². The summed E-state index contributed by atoms with van der Waals surface area (Å²) in [5.74, 6) is 0.143. The number of rotatable bonds is 6. The summed E-state index contributed by atoms with van der Waals surface area (Å²) in [5.41, 5.74) is 2.95. The molecule has 21 heavy (non-hydrogen) atoms. The van der Waals surface area contributed by atoms with Crippen LogP contribution in [0.1, 0.15) is 47.7 Å². The second-order valence-electron chi connectivity index (χ2n) is 5.27. The molecule has 0 radical (unpaired) electrons. The van der Waals surface area contributed by atoms with Crippen molar-refractivity contribution in [2.45, 2.75) is 32.6 Å². The number of benzene rings is 2. The van der Waals surface area contributed by atoms with E-state index < -0.39 is 0 Å². The third kappa shape index (κ3) is 4.19. The molecule has 2 aromatic rings. The highest BCUT2D eigenvalue weighted by molar-refractivity contribution is 5.91. The summed E-state index contributed by atoms with van der Waals surface area (Å²) in [5, 5.41) is 0. The molecule has 0 saturated carbocycles. The summed E-state index contributed by atoms with van der Waals surface area (Å²) in [4.78, 5) is 12.3. The second kappa shape index (κ2) is 7.63. The van der Waals surface area contributed by atoms with Crippen molar-refractivity contribution >= 4 is 5.97 Å². The van der Waals surface area contributed by atoms with Crippen LogP contribution in [0, 0.1) is 0 Å². The lowest BCUT2D eigenvalue weighted by Crippen LogP contribution is -2.11. The van der Waals surface area contributed by atoms with E-state index in [1.807, 2.05) is 54.6 Å². The summed E-state index contributed by atoms with van der Waals surface area (Å²) in [6.07, 6.45) is 1.76. The van der Waals surface area contributed by atoms with Gasteiger partial charge in [-0.05, 0) is 29.5 Å². The molecule has 0 aliphatic rings. The predicted octanol–water partition coefficient (Wildman–Crippen LogP) is 4.60. The van der Waals surface area contributed by atoms with E-state index >= 15 is 0 Å². The quantitative estimate of drug-likeness (QED) is 0.724. The van der Waals surface area contributed by atoms with Gasteiger partial charge in [0.25, 0.3) is 0 Å². The molecule has 0 N–H and O–H groups in total. The SMILES string of the molecule is CCC(C)c1ccccc1C(=O)OCCc1ccccc1. The smallest absolute Gasteiger partial charge is 0.338 e. The summed E-state index contributed by atoms with van der Waals surface area (Å²) in [6, 6.07) is 17.8. The minimum absolute atomic E-state index is 0.221. The molecule has 0 aliphatic heterocycles. The van der Waals surface area contributed by atoms with Crippen LogP contribution in [0.5, 0.6) is 0 Å². The maximum atomic E-state index is 12.3. The van der Waals surface area contributed by atoms with Crippen LogP contribution in [-0.2, 0) is 11.2 Å². The molecule has 0 saturated heterocycles. The van der Waals surface area contributed by atoms with Crippen LogP contribution in [0.25, 0.3) is 0 Å². The van der Waals surface area contributed by atoms with Crippen molar-refractivity contribution in [3.05, 3.63) is 71.3 Å². The minimum atomic E-state index is -0.221. The Morgan fingerprint density at radius 2 is 1.71 bits per heavy atom. The van der Waals surface area contributed by atoms with E-state index in [4.69, 9.17) is 4.74 Å². The summed E-state index contributed by atoms with van der Waals surface area (Å²) >= 11 is 0. The number of ether oxygens (including phenoxy) is 1. The highest BCUT2D eigenvalue weighted by Gasteiger charge is 2.15. The van der Waals surface area contributed by atoms with E-state index in [-0.39, 0.29) is 5.97 Å². The molecule has 0 amide bonds. The first kappa shape index (κ1) is 15.3. The van der Waals surface area contributed by atoms with E-state index in [9.17, 15) is 4.79 Å². The fraction of sp³-hybridized carbons (Fsp3) is 0.316. The normalized spacial score (nSPS) is 11.9. The molecule has 0 fully saturated rings. The number of esters is 1. The lowest BCUT2D eigenvalue weighted by atomic mass is 9.94. The molecule has 2 aromatic carbocycles. The van der Waals surface area contributed by atoms with Gasteiger partial charge in [-0.15, -0.1) is 0 Å². The van der Waals surface area contributed by atoms with Crippen molar-refractivity contribution < 1.29 is 9.53 Å². The predicted molar refractivity (Wildman–Crippen MR) is 85.6 cm³/mol. The van der Waals surface area contributed by atoms with Crippen LogP contribution in [0.15, 0.2) is 54.6 Å². The lowest BCUT2D eigenvalue weighted by molar-refractivity contribution is 0.0507. The zero-order chi connectivity index (χ0) is 15.1. The fourth-order valence-electron chi connectivity index (χ4n) is 2.32. The first-order valence-electron chi connectivity index (χ1n) is 7.52. The van der Waals surface area contributed by atoms with E-state index in [0.29, 0.717) is 18.1 Å². The first-order valence-corrected chi connectivity index (χ1v) is 7.52. The number of carbonyl (C=O) groups is 1. The van der Waals surface area contributed by atoms with E-state index in [2.05, 4.69) is 13.8 Å². The highest BCUT2D eigenvalue weighted by atomic mass is 16.5. The van der Waals surface area contributed by atoms with Crippen LogP contribution in [0.4, 0.5) is 0 Å². The molecule has 2 heteroatoms. The zero-order valence-electron chi connectivity index (χ0n) is 12.7.